The van der Waals surface area contributed by atoms with Gasteiger partial charge in [0.2, 0.25) is 0 Å². The van der Waals surface area contributed by atoms with Crippen molar-refractivity contribution in [3.05, 3.63) is 29.0 Å². The van der Waals surface area contributed by atoms with E-state index < -0.39 is 0 Å². The van der Waals surface area contributed by atoms with Crippen molar-refractivity contribution in [2.24, 2.45) is 0 Å². The zero-order chi connectivity index (χ0) is 12.5. The number of nitrogens with zero attached hydrogens (tertiary/aromatic N) is 1. The van der Waals surface area contributed by atoms with E-state index in [1.54, 1.807) is 6.20 Å². The van der Waals surface area contributed by atoms with Crippen LogP contribution in [0.3, 0.4) is 0 Å². The summed E-state index contributed by atoms with van der Waals surface area (Å²) in [6.45, 7) is 2.24. The molecule has 0 fully saturated rings. The molecule has 17 heavy (non-hydrogen) atoms. The first-order valence-corrected chi connectivity index (χ1v) is 6.94. The summed E-state index contributed by atoms with van der Waals surface area (Å²) in [5.41, 5.74) is 1.17. The smallest absolute Gasteiger partial charge is 0.0637 e. The third-order valence-corrected chi connectivity index (χ3v) is 3.44. The Bertz CT molecular complexity index is 315. The van der Waals surface area contributed by atoms with Crippen LogP contribution in [0.1, 0.15) is 57.1 Å². The quantitative estimate of drug-likeness (QED) is 0.698. The number of pyridine rings is 1. The maximum Gasteiger partial charge on any atom is 0.0637 e. The molecule has 0 amide bonds. The average molecular weight is 255 g/mol. The third-order valence-electron chi connectivity index (χ3n) is 3.12. The Morgan fingerprint density at radius 2 is 2.06 bits per heavy atom. The van der Waals surface area contributed by atoms with Crippen LogP contribution in [0.4, 0.5) is 0 Å². The second-order valence-corrected chi connectivity index (χ2v) is 4.85. The van der Waals surface area contributed by atoms with E-state index in [1.807, 2.05) is 19.3 Å². The fraction of sp³-hybridized carbons (Fsp3) is 0.643. The molecule has 0 aromatic carbocycles. The lowest BCUT2D eigenvalue weighted by Crippen LogP contribution is -2.16. The Balaban J connectivity index is 2.41. The van der Waals surface area contributed by atoms with Crippen molar-refractivity contribution in [1.82, 2.24) is 10.3 Å². The van der Waals surface area contributed by atoms with Crippen molar-refractivity contribution >= 4 is 11.6 Å². The van der Waals surface area contributed by atoms with Gasteiger partial charge in [-0.1, -0.05) is 50.6 Å². The highest BCUT2D eigenvalue weighted by molar-refractivity contribution is 6.31. The standard InChI is InChI=1S/C14H23ClN2/c1-3-4-5-6-7-8-14(16-2)12-9-10-17-11-13(12)15/h9-11,14,16H,3-8H2,1-2H3. The first-order chi connectivity index (χ1) is 8.29. The van der Waals surface area contributed by atoms with Crippen molar-refractivity contribution in [3.63, 3.8) is 0 Å². The predicted molar refractivity (Wildman–Crippen MR) is 74.4 cm³/mol. The lowest BCUT2D eigenvalue weighted by molar-refractivity contribution is 0.500. The molecule has 2 nitrogen and oxygen atoms in total. The van der Waals surface area contributed by atoms with Crippen molar-refractivity contribution in [3.8, 4) is 0 Å². The van der Waals surface area contributed by atoms with E-state index in [0.717, 1.165) is 11.4 Å². The summed E-state index contributed by atoms with van der Waals surface area (Å²) in [4.78, 5) is 4.02. The monoisotopic (exact) mass is 254 g/mol. The lowest BCUT2D eigenvalue weighted by Gasteiger charge is -2.17. The lowest BCUT2D eigenvalue weighted by atomic mass is 10.0. The largest absolute Gasteiger partial charge is 0.313 e. The summed E-state index contributed by atoms with van der Waals surface area (Å²) in [5, 5.41) is 4.10. The normalized spacial score (nSPS) is 12.6. The highest BCUT2D eigenvalue weighted by atomic mass is 35.5. The number of hydrogen-bond donors (Lipinski definition) is 1. The molecule has 0 radical (unpaired) electrons. The summed E-state index contributed by atoms with van der Waals surface area (Å²) < 4.78 is 0. The van der Waals surface area contributed by atoms with Gasteiger partial charge in [0, 0.05) is 18.4 Å². The highest BCUT2D eigenvalue weighted by Gasteiger charge is 2.11. The van der Waals surface area contributed by atoms with Crippen LogP contribution in [0.2, 0.25) is 5.02 Å². The van der Waals surface area contributed by atoms with Crippen LogP contribution in [-0.2, 0) is 0 Å². The van der Waals surface area contributed by atoms with Crippen LogP contribution in [-0.4, -0.2) is 12.0 Å². The van der Waals surface area contributed by atoms with Gasteiger partial charge in [-0.05, 0) is 25.1 Å². The van der Waals surface area contributed by atoms with Gasteiger partial charge in [-0.15, -0.1) is 0 Å². The highest BCUT2D eigenvalue weighted by Crippen LogP contribution is 2.25. The van der Waals surface area contributed by atoms with Gasteiger partial charge in [0.15, 0.2) is 0 Å². The fourth-order valence-electron chi connectivity index (χ4n) is 2.08. The van der Waals surface area contributed by atoms with Gasteiger partial charge in [-0.25, -0.2) is 0 Å². The molecule has 1 unspecified atom stereocenters. The summed E-state index contributed by atoms with van der Waals surface area (Å²) in [5.74, 6) is 0. The van der Waals surface area contributed by atoms with Gasteiger partial charge in [-0.2, -0.15) is 0 Å². The number of halogens is 1. The van der Waals surface area contributed by atoms with E-state index in [1.165, 1.54) is 37.7 Å². The van der Waals surface area contributed by atoms with Crippen LogP contribution in [0.15, 0.2) is 18.5 Å². The van der Waals surface area contributed by atoms with Gasteiger partial charge >= 0.3 is 0 Å². The van der Waals surface area contributed by atoms with Crippen LogP contribution >= 0.6 is 11.6 Å². The van der Waals surface area contributed by atoms with Gasteiger partial charge in [0.1, 0.15) is 0 Å². The first-order valence-electron chi connectivity index (χ1n) is 6.56. The molecule has 96 valence electrons. The van der Waals surface area contributed by atoms with Gasteiger partial charge < -0.3 is 5.32 Å². The molecule has 1 N–H and O–H groups in total. The maximum absolute atomic E-state index is 6.16. The van der Waals surface area contributed by atoms with E-state index in [9.17, 15) is 0 Å². The van der Waals surface area contributed by atoms with Crippen molar-refractivity contribution in [2.75, 3.05) is 7.05 Å². The predicted octanol–water partition coefficient (Wildman–Crippen LogP) is 4.36. The SMILES string of the molecule is CCCCCCCC(NC)c1ccncc1Cl. The Labute approximate surface area is 110 Å². The minimum Gasteiger partial charge on any atom is -0.313 e. The molecule has 0 saturated heterocycles. The minimum atomic E-state index is 0.354. The van der Waals surface area contributed by atoms with Gasteiger partial charge in [-0.3, -0.25) is 4.98 Å². The zero-order valence-corrected chi connectivity index (χ0v) is 11.6. The number of nitrogens with one attached hydrogen (secondary N) is 1. The van der Waals surface area contributed by atoms with E-state index >= 15 is 0 Å². The Kier molecular flexibility index (Phi) is 7.22. The molecule has 0 aliphatic carbocycles. The molecule has 0 aliphatic heterocycles. The molecule has 1 rings (SSSR count). The molecule has 0 saturated carbocycles. The molecule has 0 spiro atoms. The van der Waals surface area contributed by atoms with Crippen LogP contribution in [0.5, 0.6) is 0 Å². The zero-order valence-electron chi connectivity index (χ0n) is 10.9. The molecule has 1 aromatic heterocycles. The molecule has 1 heterocycles. The van der Waals surface area contributed by atoms with E-state index in [-0.39, 0.29) is 0 Å². The fourth-order valence-corrected chi connectivity index (χ4v) is 2.33. The minimum absolute atomic E-state index is 0.354. The average Bonchev–Trinajstić information content (AvgIpc) is 2.35. The Hall–Kier alpha value is -0.600. The summed E-state index contributed by atoms with van der Waals surface area (Å²) in [7, 11) is 1.99. The Morgan fingerprint density at radius 1 is 1.29 bits per heavy atom. The number of hydrogen-bond acceptors (Lipinski definition) is 2. The second-order valence-electron chi connectivity index (χ2n) is 4.44. The van der Waals surface area contributed by atoms with E-state index in [2.05, 4.69) is 17.2 Å². The Morgan fingerprint density at radius 3 is 2.71 bits per heavy atom. The first kappa shape index (κ1) is 14.5. The summed E-state index contributed by atoms with van der Waals surface area (Å²) in [6.07, 6.45) is 11.2. The topological polar surface area (TPSA) is 24.9 Å². The van der Waals surface area contributed by atoms with Crippen molar-refractivity contribution in [1.29, 1.82) is 0 Å². The molecular formula is C14H23ClN2. The van der Waals surface area contributed by atoms with E-state index in [0.29, 0.717) is 6.04 Å². The molecule has 3 heteroatoms. The van der Waals surface area contributed by atoms with Crippen molar-refractivity contribution < 1.29 is 0 Å². The van der Waals surface area contributed by atoms with E-state index in [4.69, 9.17) is 11.6 Å². The summed E-state index contributed by atoms with van der Waals surface area (Å²) in [6, 6.07) is 2.36. The van der Waals surface area contributed by atoms with Crippen LogP contribution in [0, 0.1) is 0 Å². The number of aromatic nitrogens is 1. The molecule has 1 atom stereocenters. The maximum atomic E-state index is 6.16. The third kappa shape index (κ3) is 5.05. The molecule has 0 aliphatic rings. The number of unbranched alkanes of at least 4 members (excludes halogenated alkanes) is 4. The molecule has 0 bridgehead atoms. The van der Waals surface area contributed by atoms with Gasteiger partial charge in [0.25, 0.3) is 0 Å². The van der Waals surface area contributed by atoms with Crippen molar-refractivity contribution in [2.45, 2.75) is 51.5 Å². The summed E-state index contributed by atoms with van der Waals surface area (Å²) >= 11 is 6.16. The van der Waals surface area contributed by atoms with Gasteiger partial charge in [0.05, 0.1) is 5.02 Å². The second kappa shape index (κ2) is 8.48. The number of rotatable bonds is 8. The molecule has 1 aromatic rings. The van der Waals surface area contributed by atoms with Crippen LogP contribution in [0.25, 0.3) is 0 Å². The van der Waals surface area contributed by atoms with Crippen LogP contribution < -0.4 is 5.32 Å². The molecular weight excluding hydrogens is 232 g/mol.